The van der Waals surface area contributed by atoms with E-state index in [9.17, 15) is 16.8 Å². The number of hydrogen-bond acceptors (Lipinski definition) is 7. The lowest BCUT2D eigenvalue weighted by Gasteiger charge is -2.31. The summed E-state index contributed by atoms with van der Waals surface area (Å²) >= 11 is 6.81. The molecule has 1 aromatic heterocycles. The summed E-state index contributed by atoms with van der Waals surface area (Å²) in [5.41, 5.74) is 0. The van der Waals surface area contributed by atoms with E-state index in [0.29, 0.717) is 29.0 Å². The van der Waals surface area contributed by atoms with Gasteiger partial charge in [0.05, 0.1) is 10.6 Å². The summed E-state index contributed by atoms with van der Waals surface area (Å²) in [5.74, 6) is 0.273. The molecule has 1 aliphatic heterocycles. The predicted molar refractivity (Wildman–Crippen MR) is 107 cm³/mol. The van der Waals surface area contributed by atoms with Gasteiger partial charge in [-0.1, -0.05) is 36.8 Å². The summed E-state index contributed by atoms with van der Waals surface area (Å²) in [5, 5.41) is 0.644. The van der Waals surface area contributed by atoms with Crippen LogP contribution in [0.2, 0.25) is 5.02 Å². The minimum atomic E-state index is -3.97. The molecule has 2 heterocycles. The number of benzene rings is 1. The van der Waals surface area contributed by atoms with Crippen molar-refractivity contribution in [3.8, 4) is 0 Å². The fourth-order valence-corrected chi connectivity index (χ4v) is 7.30. The topological polar surface area (TPSA) is 84.4 Å². The first-order valence-corrected chi connectivity index (χ1v) is 13.0. The standard InChI is InChI=1S/C17H21ClN2O4S3/c1-3-26(21,22)17-19-15(16(25-17)20-10-4-5-12(2)11-20)27(23,24)14-8-6-13(18)7-9-14/h6-9,12H,3-5,10-11H2,1-2H3. The molecule has 0 spiro atoms. The molecule has 0 amide bonds. The van der Waals surface area contributed by atoms with Crippen molar-refractivity contribution in [1.29, 1.82) is 0 Å². The lowest BCUT2D eigenvalue weighted by molar-refractivity contribution is 0.446. The van der Waals surface area contributed by atoms with E-state index in [-0.39, 0.29) is 20.0 Å². The molecule has 1 atom stereocenters. The van der Waals surface area contributed by atoms with Gasteiger partial charge in [-0.2, -0.15) is 0 Å². The Morgan fingerprint density at radius 2 is 1.89 bits per heavy atom. The minimum absolute atomic E-state index is 0.0453. The van der Waals surface area contributed by atoms with Gasteiger partial charge < -0.3 is 4.90 Å². The number of halogens is 1. The Labute approximate surface area is 169 Å². The first-order valence-electron chi connectivity index (χ1n) is 8.64. The molecule has 10 heteroatoms. The largest absolute Gasteiger partial charge is 0.361 e. The monoisotopic (exact) mass is 448 g/mol. The molecule has 1 aliphatic rings. The van der Waals surface area contributed by atoms with Crippen molar-refractivity contribution < 1.29 is 16.8 Å². The van der Waals surface area contributed by atoms with Crippen molar-refractivity contribution in [3.05, 3.63) is 29.3 Å². The zero-order chi connectivity index (χ0) is 19.8. The number of piperidine rings is 1. The van der Waals surface area contributed by atoms with Crippen LogP contribution in [0.1, 0.15) is 26.7 Å². The van der Waals surface area contributed by atoms with Crippen molar-refractivity contribution in [2.45, 2.75) is 41.0 Å². The first kappa shape index (κ1) is 20.6. The third-order valence-electron chi connectivity index (χ3n) is 4.53. The maximum atomic E-state index is 13.2. The van der Waals surface area contributed by atoms with E-state index in [4.69, 9.17) is 11.6 Å². The van der Waals surface area contributed by atoms with E-state index in [1.54, 1.807) is 0 Å². The summed E-state index contributed by atoms with van der Waals surface area (Å²) in [6, 6.07) is 5.81. The SMILES string of the molecule is CCS(=O)(=O)c1nc(S(=O)(=O)c2ccc(Cl)cc2)c(N2CCCC(C)C2)s1. The number of rotatable bonds is 5. The van der Waals surface area contributed by atoms with Crippen LogP contribution < -0.4 is 4.90 Å². The molecule has 1 fully saturated rings. The first-order chi connectivity index (χ1) is 12.6. The summed E-state index contributed by atoms with van der Waals surface area (Å²) in [6.45, 7) is 4.98. The van der Waals surface area contributed by atoms with Crippen molar-refractivity contribution in [3.63, 3.8) is 0 Å². The lowest BCUT2D eigenvalue weighted by Crippen LogP contribution is -2.34. The number of hydrogen-bond donors (Lipinski definition) is 0. The Hall–Kier alpha value is -1.16. The third kappa shape index (κ3) is 4.16. The average Bonchev–Trinajstić information content (AvgIpc) is 3.09. The molecule has 0 radical (unpaired) electrons. The van der Waals surface area contributed by atoms with Crippen LogP contribution in [0, 0.1) is 5.92 Å². The molecule has 6 nitrogen and oxygen atoms in total. The maximum absolute atomic E-state index is 13.2. The van der Waals surface area contributed by atoms with Crippen molar-refractivity contribution in [2.75, 3.05) is 23.7 Å². The fraction of sp³-hybridized carbons (Fsp3) is 0.471. The Morgan fingerprint density at radius 1 is 1.22 bits per heavy atom. The highest BCUT2D eigenvalue weighted by atomic mass is 35.5. The van der Waals surface area contributed by atoms with Crippen molar-refractivity contribution in [1.82, 2.24) is 4.98 Å². The molecule has 2 aromatic rings. The third-order valence-corrected chi connectivity index (χ3v) is 9.90. The Balaban J connectivity index is 2.16. The highest BCUT2D eigenvalue weighted by molar-refractivity contribution is 7.94. The minimum Gasteiger partial charge on any atom is -0.361 e. The van der Waals surface area contributed by atoms with Crippen LogP contribution in [-0.4, -0.2) is 40.7 Å². The number of anilines is 1. The zero-order valence-electron chi connectivity index (χ0n) is 15.1. The highest BCUT2D eigenvalue weighted by Gasteiger charge is 2.33. The fourth-order valence-electron chi connectivity index (χ4n) is 3.01. The second-order valence-electron chi connectivity index (χ2n) is 6.64. The summed E-state index contributed by atoms with van der Waals surface area (Å²) < 4.78 is 50.9. The second kappa shape index (κ2) is 7.69. The van der Waals surface area contributed by atoms with Crippen LogP contribution in [-0.2, 0) is 19.7 Å². The number of thiazole rings is 1. The maximum Gasteiger partial charge on any atom is 0.226 e. The van der Waals surface area contributed by atoms with Gasteiger partial charge in [0, 0.05) is 18.1 Å². The van der Waals surface area contributed by atoms with Crippen LogP contribution in [0.5, 0.6) is 0 Å². The van der Waals surface area contributed by atoms with Gasteiger partial charge in [-0.25, -0.2) is 21.8 Å². The van der Waals surface area contributed by atoms with Gasteiger partial charge in [0.25, 0.3) is 0 Å². The molecule has 27 heavy (non-hydrogen) atoms. The molecule has 0 saturated carbocycles. The van der Waals surface area contributed by atoms with Crippen molar-refractivity contribution in [2.24, 2.45) is 5.92 Å². The average molecular weight is 449 g/mol. The van der Waals surface area contributed by atoms with E-state index in [1.165, 1.54) is 31.2 Å². The molecule has 1 aromatic carbocycles. The second-order valence-corrected chi connectivity index (χ2v) is 12.4. The Kier molecular flexibility index (Phi) is 5.86. The zero-order valence-corrected chi connectivity index (χ0v) is 18.3. The predicted octanol–water partition coefficient (Wildman–Crippen LogP) is 3.66. The van der Waals surface area contributed by atoms with Crippen LogP contribution in [0.3, 0.4) is 0 Å². The Morgan fingerprint density at radius 3 is 2.48 bits per heavy atom. The number of nitrogens with zero attached hydrogens (tertiary/aromatic N) is 2. The van der Waals surface area contributed by atoms with Gasteiger partial charge in [-0.15, -0.1) is 0 Å². The van der Waals surface area contributed by atoms with Crippen LogP contribution in [0.4, 0.5) is 5.00 Å². The van der Waals surface area contributed by atoms with E-state index in [1.807, 2.05) is 4.90 Å². The summed E-state index contributed by atoms with van der Waals surface area (Å²) in [4.78, 5) is 6.08. The van der Waals surface area contributed by atoms with Gasteiger partial charge in [-0.3, -0.25) is 0 Å². The number of aromatic nitrogens is 1. The quantitative estimate of drug-likeness (QED) is 0.693. The molecular weight excluding hydrogens is 428 g/mol. The molecule has 0 aliphatic carbocycles. The van der Waals surface area contributed by atoms with Gasteiger partial charge in [0.15, 0.2) is 5.03 Å². The molecule has 3 rings (SSSR count). The van der Waals surface area contributed by atoms with Crippen LogP contribution in [0.25, 0.3) is 0 Å². The van der Waals surface area contributed by atoms with Gasteiger partial charge in [-0.05, 0) is 43.0 Å². The van der Waals surface area contributed by atoms with Gasteiger partial charge >= 0.3 is 0 Å². The van der Waals surface area contributed by atoms with Crippen LogP contribution >= 0.6 is 22.9 Å². The lowest BCUT2D eigenvalue weighted by atomic mass is 10.0. The van der Waals surface area contributed by atoms with Gasteiger partial charge in [0.1, 0.15) is 5.00 Å². The smallest absolute Gasteiger partial charge is 0.226 e. The van der Waals surface area contributed by atoms with E-state index < -0.39 is 19.7 Å². The molecule has 0 N–H and O–H groups in total. The summed E-state index contributed by atoms with van der Waals surface area (Å²) in [6.07, 6.45) is 1.99. The van der Waals surface area contributed by atoms with Crippen LogP contribution in [0.15, 0.2) is 38.5 Å². The van der Waals surface area contributed by atoms with Gasteiger partial charge in [0.2, 0.25) is 24.0 Å². The van der Waals surface area contributed by atoms with E-state index in [2.05, 4.69) is 11.9 Å². The molecule has 1 unspecified atom stereocenters. The van der Waals surface area contributed by atoms with E-state index >= 15 is 0 Å². The highest BCUT2D eigenvalue weighted by Crippen LogP contribution is 2.39. The normalized spacial score (nSPS) is 18.6. The molecule has 0 bridgehead atoms. The molecular formula is C17H21ClN2O4S3. The number of sulfone groups is 2. The van der Waals surface area contributed by atoms with Crippen molar-refractivity contribution >= 4 is 47.6 Å². The molecule has 1 saturated heterocycles. The molecule has 148 valence electrons. The summed E-state index contributed by atoms with van der Waals surface area (Å²) in [7, 11) is -7.57. The Bertz CT molecular complexity index is 1030. The van der Waals surface area contributed by atoms with E-state index in [0.717, 1.165) is 24.2 Å².